The zero-order valence-corrected chi connectivity index (χ0v) is 18.1. The van der Waals surface area contributed by atoms with Crippen LogP contribution in [0.15, 0.2) is 36.5 Å². The number of ether oxygens (including phenoxy) is 1. The molecule has 0 radical (unpaired) electrons. The minimum Gasteiger partial charge on any atom is -0.380 e. The molecule has 2 saturated heterocycles. The molecule has 0 atom stereocenters. The van der Waals surface area contributed by atoms with Crippen LogP contribution in [0.2, 0.25) is 0 Å². The second-order valence-electron chi connectivity index (χ2n) is 9.15. The van der Waals surface area contributed by atoms with Crippen molar-refractivity contribution in [3.63, 3.8) is 0 Å². The third-order valence-corrected chi connectivity index (χ3v) is 7.15. The molecule has 1 amide bonds. The van der Waals surface area contributed by atoms with E-state index in [1.165, 1.54) is 0 Å². The molecule has 1 aromatic heterocycles. The first-order valence-corrected chi connectivity index (χ1v) is 11.3. The van der Waals surface area contributed by atoms with Crippen molar-refractivity contribution >= 4 is 5.91 Å². The highest BCUT2D eigenvalue weighted by Gasteiger charge is 2.47. The molecule has 1 aromatic carbocycles. The summed E-state index contributed by atoms with van der Waals surface area (Å²) >= 11 is 0. The second-order valence-corrected chi connectivity index (χ2v) is 9.15. The lowest BCUT2D eigenvalue weighted by Crippen LogP contribution is -2.57. The fraction of sp³-hybridized carbons (Fsp3) is 0.542. The smallest absolute Gasteiger partial charge is 0.254 e. The van der Waals surface area contributed by atoms with Gasteiger partial charge < -0.3 is 19.6 Å². The zero-order valence-electron chi connectivity index (χ0n) is 18.1. The number of hydrogen-bond donors (Lipinski definition) is 1. The van der Waals surface area contributed by atoms with E-state index in [0.29, 0.717) is 51.2 Å². The largest absolute Gasteiger partial charge is 0.380 e. The van der Waals surface area contributed by atoms with Crippen LogP contribution < -0.4 is 0 Å². The van der Waals surface area contributed by atoms with Gasteiger partial charge in [0.1, 0.15) is 11.2 Å². The first-order chi connectivity index (χ1) is 15.0. The Balaban J connectivity index is 1.36. The van der Waals surface area contributed by atoms with Crippen LogP contribution in [0.5, 0.6) is 0 Å². The highest BCUT2D eigenvalue weighted by molar-refractivity contribution is 5.85. The van der Waals surface area contributed by atoms with Gasteiger partial charge >= 0.3 is 0 Å². The number of aromatic nitrogens is 2. The van der Waals surface area contributed by atoms with Crippen LogP contribution in [0.3, 0.4) is 0 Å². The summed E-state index contributed by atoms with van der Waals surface area (Å²) in [5.74, 6) is 0.586. The fourth-order valence-corrected chi connectivity index (χ4v) is 5.08. The molecule has 5 rings (SSSR count). The minimum absolute atomic E-state index is 0.126. The van der Waals surface area contributed by atoms with Gasteiger partial charge in [0.05, 0.1) is 12.3 Å². The summed E-state index contributed by atoms with van der Waals surface area (Å²) in [5, 5.41) is 11.0. The van der Waals surface area contributed by atoms with E-state index >= 15 is 0 Å². The van der Waals surface area contributed by atoms with Crippen molar-refractivity contribution in [2.45, 2.75) is 43.3 Å². The minimum atomic E-state index is -1.23. The molecule has 31 heavy (non-hydrogen) atoms. The molecule has 0 saturated carbocycles. The van der Waals surface area contributed by atoms with Crippen molar-refractivity contribution < 1.29 is 14.6 Å². The first kappa shape index (κ1) is 20.5. The van der Waals surface area contributed by atoms with Crippen LogP contribution in [-0.2, 0) is 21.6 Å². The van der Waals surface area contributed by atoms with Gasteiger partial charge in [0, 0.05) is 37.9 Å². The van der Waals surface area contributed by atoms with Gasteiger partial charge in [-0.05, 0) is 44.7 Å². The summed E-state index contributed by atoms with van der Waals surface area (Å²) in [6, 6.07) is 9.99. The molecule has 7 nitrogen and oxygen atoms in total. The number of carbonyl (C=O) groups is 1. The summed E-state index contributed by atoms with van der Waals surface area (Å²) in [5.41, 5.74) is 1.39. The molecule has 0 unspecified atom stereocenters. The van der Waals surface area contributed by atoms with Gasteiger partial charge in [-0.25, -0.2) is 9.97 Å². The Morgan fingerprint density at radius 3 is 2.48 bits per heavy atom. The van der Waals surface area contributed by atoms with E-state index in [-0.39, 0.29) is 5.91 Å². The Bertz CT molecular complexity index is 949. The molecule has 1 N–H and O–H groups in total. The second kappa shape index (κ2) is 7.97. The highest BCUT2D eigenvalue weighted by Crippen LogP contribution is 2.41. The number of rotatable bonds is 2. The summed E-state index contributed by atoms with van der Waals surface area (Å²) in [7, 11) is 2.03. The Morgan fingerprint density at radius 2 is 1.77 bits per heavy atom. The molecule has 0 bridgehead atoms. The number of carbonyl (C=O) groups excluding carboxylic acids is 1. The van der Waals surface area contributed by atoms with E-state index in [9.17, 15) is 9.90 Å². The Hall–Kier alpha value is -2.35. The number of likely N-dealkylation sites (tertiary alicyclic amines) is 2. The number of piperidine rings is 2. The summed E-state index contributed by atoms with van der Waals surface area (Å²) < 4.78 is 6.34. The Labute approximate surface area is 183 Å². The standard InChI is InChI=1S/C24H30N4O3/c1-27-12-8-23(30,9-13-27)22(29)28-14-10-24(11-15-28)20-19(7-16-31-24)17-25-21(26-20)18-5-3-2-4-6-18/h2-6,17,30H,7-16H2,1H3. The third-order valence-electron chi connectivity index (χ3n) is 7.15. The summed E-state index contributed by atoms with van der Waals surface area (Å²) in [4.78, 5) is 26.7. The zero-order chi connectivity index (χ0) is 21.5. The van der Waals surface area contributed by atoms with Gasteiger partial charge in [0.25, 0.3) is 5.91 Å². The predicted octanol–water partition coefficient (Wildman–Crippen LogP) is 1.99. The number of nitrogens with zero attached hydrogens (tertiary/aromatic N) is 4. The molecule has 4 heterocycles. The number of hydrogen-bond acceptors (Lipinski definition) is 6. The molecule has 2 fully saturated rings. The van der Waals surface area contributed by atoms with E-state index in [1.54, 1.807) is 0 Å². The molecule has 3 aliphatic heterocycles. The van der Waals surface area contributed by atoms with Gasteiger partial charge in [0.15, 0.2) is 5.82 Å². The molecule has 2 aromatic rings. The molecule has 3 aliphatic rings. The van der Waals surface area contributed by atoms with E-state index < -0.39 is 11.2 Å². The molecule has 164 valence electrons. The molecular weight excluding hydrogens is 392 g/mol. The van der Waals surface area contributed by atoms with Crippen LogP contribution >= 0.6 is 0 Å². The monoisotopic (exact) mass is 422 g/mol. The van der Waals surface area contributed by atoms with Crippen LogP contribution in [0, 0.1) is 0 Å². The molecule has 7 heteroatoms. The van der Waals surface area contributed by atoms with E-state index in [2.05, 4.69) is 9.88 Å². The van der Waals surface area contributed by atoms with Gasteiger partial charge in [-0.15, -0.1) is 0 Å². The average molecular weight is 423 g/mol. The lowest BCUT2D eigenvalue weighted by atomic mass is 9.82. The van der Waals surface area contributed by atoms with Crippen molar-refractivity contribution in [1.29, 1.82) is 0 Å². The van der Waals surface area contributed by atoms with Crippen LogP contribution in [0.4, 0.5) is 0 Å². The predicted molar refractivity (Wildman–Crippen MR) is 116 cm³/mol. The maximum absolute atomic E-state index is 13.1. The molecule has 0 aliphatic carbocycles. The van der Waals surface area contributed by atoms with Crippen molar-refractivity contribution in [3.8, 4) is 11.4 Å². The van der Waals surface area contributed by atoms with Crippen LogP contribution in [0.1, 0.15) is 36.9 Å². The van der Waals surface area contributed by atoms with Crippen LogP contribution in [0.25, 0.3) is 11.4 Å². The Kier molecular flexibility index (Phi) is 5.28. The topological polar surface area (TPSA) is 78.8 Å². The van der Waals surface area contributed by atoms with Gasteiger partial charge in [-0.1, -0.05) is 30.3 Å². The summed E-state index contributed by atoms with van der Waals surface area (Å²) in [6.07, 6.45) is 5.11. The number of benzene rings is 1. The van der Waals surface area contributed by atoms with E-state index in [1.807, 2.05) is 48.5 Å². The lowest BCUT2D eigenvalue weighted by molar-refractivity contribution is -0.163. The van der Waals surface area contributed by atoms with Crippen molar-refractivity contribution in [2.24, 2.45) is 0 Å². The van der Waals surface area contributed by atoms with Crippen molar-refractivity contribution in [3.05, 3.63) is 47.8 Å². The van der Waals surface area contributed by atoms with Gasteiger partial charge in [-0.2, -0.15) is 0 Å². The van der Waals surface area contributed by atoms with Gasteiger partial charge in [-0.3, -0.25) is 4.79 Å². The average Bonchev–Trinajstić information content (AvgIpc) is 2.82. The van der Waals surface area contributed by atoms with E-state index in [0.717, 1.165) is 36.3 Å². The third kappa shape index (κ3) is 3.75. The maximum atomic E-state index is 13.1. The number of fused-ring (bicyclic) bond motifs is 2. The molecule has 1 spiro atoms. The normalized spacial score (nSPS) is 22.8. The SMILES string of the molecule is CN1CCC(O)(C(=O)N2CCC3(CC2)OCCc2cnc(-c4ccccc4)nc23)CC1. The first-order valence-electron chi connectivity index (χ1n) is 11.3. The highest BCUT2D eigenvalue weighted by atomic mass is 16.5. The molecular formula is C24H30N4O3. The van der Waals surface area contributed by atoms with Crippen molar-refractivity contribution in [2.75, 3.05) is 39.8 Å². The Morgan fingerprint density at radius 1 is 1.06 bits per heavy atom. The quantitative estimate of drug-likeness (QED) is 0.798. The summed E-state index contributed by atoms with van der Waals surface area (Å²) in [6.45, 7) is 3.28. The van der Waals surface area contributed by atoms with Gasteiger partial charge in [0.2, 0.25) is 0 Å². The number of aliphatic hydroxyl groups is 1. The van der Waals surface area contributed by atoms with Crippen molar-refractivity contribution in [1.82, 2.24) is 19.8 Å². The van der Waals surface area contributed by atoms with Crippen LogP contribution in [-0.4, -0.2) is 76.2 Å². The van der Waals surface area contributed by atoms with E-state index in [4.69, 9.17) is 9.72 Å². The number of amides is 1. The lowest BCUT2D eigenvalue weighted by Gasteiger charge is -2.46. The fourth-order valence-electron chi connectivity index (χ4n) is 5.08. The maximum Gasteiger partial charge on any atom is 0.254 e.